The van der Waals surface area contributed by atoms with Crippen molar-refractivity contribution < 1.29 is 19.1 Å². The molecule has 0 unspecified atom stereocenters. The van der Waals surface area contributed by atoms with Gasteiger partial charge in [-0.05, 0) is 24.3 Å². The van der Waals surface area contributed by atoms with Gasteiger partial charge in [0.2, 0.25) is 11.5 Å². The van der Waals surface area contributed by atoms with Gasteiger partial charge in [-0.2, -0.15) is 5.10 Å². The van der Waals surface area contributed by atoms with Gasteiger partial charge >= 0.3 is 5.97 Å². The number of aromatic nitrogens is 3. The number of carbonyl (C=O) groups excluding carboxylic acids is 2. The molecule has 0 atom stereocenters. The average Bonchev–Trinajstić information content (AvgIpc) is 3.29. The van der Waals surface area contributed by atoms with Crippen molar-refractivity contribution in [2.75, 3.05) is 13.7 Å². The second kappa shape index (κ2) is 6.82. The number of hydrogen-bond donors (Lipinski definition) is 1. The van der Waals surface area contributed by atoms with E-state index in [0.29, 0.717) is 5.69 Å². The summed E-state index contributed by atoms with van der Waals surface area (Å²) >= 11 is 0. The Balaban J connectivity index is 1.75. The molecular formula is C17H15N3O4. The quantitative estimate of drug-likeness (QED) is 0.555. The molecule has 0 fully saturated rings. The van der Waals surface area contributed by atoms with Crippen molar-refractivity contribution in [3.05, 3.63) is 66.2 Å². The third-order valence-corrected chi connectivity index (χ3v) is 3.35. The number of esters is 1. The minimum atomic E-state index is -0.721. The number of hydrogen-bond acceptors (Lipinski definition) is 5. The van der Waals surface area contributed by atoms with Crippen LogP contribution in [0.4, 0.5) is 0 Å². The van der Waals surface area contributed by atoms with E-state index < -0.39 is 5.97 Å². The van der Waals surface area contributed by atoms with Crippen LogP contribution in [0.15, 0.2) is 54.9 Å². The maximum Gasteiger partial charge on any atom is 0.363 e. The second-order valence-corrected chi connectivity index (χ2v) is 4.91. The lowest BCUT2D eigenvalue weighted by Gasteiger charge is -2.02. The van der Waals surface area contributed by atoms with Crippen LogP contribution in [0.25, 0.3) is 5.69 Å². The second-order valence-electron chi connectivity index (χ2n) is 4.91. The Morgan fingerprint density at radius 1 is 1.17 bits per heavy atom. The number of H-pyrrole nitrogens is 1. The van der Waals surface area contributed by atoms with Crippen LogP contribution >= 0.6 is 0 Å². The first-order valence-corrected chi connectivity index (χ1v) is 7.22. The van der Waals surface area contributed by atoms with E-state index in [1.165, 1.54) is 11.8 Å². The highest BCUT2D eigenvalue weighted by Crippen LogP contribution is 2.20. The summed E-state index contributed by atoms with van der Waals surface area (Å²) in [5.74, 6) is -0.771. The molecular weight excluding hydrogens is 310 g/mol. The zero-order valence-electron chi connectivity index (χ0n) is 12.9. The van der Waals surface area contributed by atoms with E-state index in [1.807, 2.05) is 30.3 Å². The summed E-state index contributed by atoms with van der Waals surface area (Å²) in [5, 5.41) is 4.19. The number of para-hydroxylation sites is 1. The lowest BCUT2D eigenvalue weighted by molar-refractivity contribution is 0.0464. The molecule has 24 heavy (non-hydrogen) atoms. The maximum absolute atomic E-state index is 12.2. The highest BCUT2D eigenvalue weighted by atomic mass is 16.5. The number of aromatic amines is 1. The number of nitrogens with one attached hydrogen (secondary N) is 1. The first-order valence-electron chi connectivity index (χ1n) is 7.22. The van der Waals surface area contributed by atoms with Crippen LogP contribution in [-0.4, -0.2) is 40.2 Å². The van der Waals surface area contributed by atoms with Gasteiger partial charge in [0.1, 0.15) is 0 Å². The van der Waals surface area contributed by atoms with Gasteiger partial charge in [-0.3, -0.25) is 4.79 Å². The Morgan fingerprint density at radius 2 is 1.96 bits per heavy atom. The summed E-state index contributed by atoms with van der Waals surface area (Å²) < 4.78 is 11.7. The lowest BCUT2D eigenvalue weighted by atomic mass is 10.3. The maximum atomic E-state index is 12.2. The van der Waals surface area contributed by atoms with E-state index in [4.69, 9.17) is 9.47 Å². The van der Waals surface area contributed by atoms with Gasteiger partial charge < -0.3 is 14.5 Å². The molecule has 3 rings (SSSR count). The van der Waals surface area contributed by atoms with E-state index in [2.05, 4.69) is 10.1 Å². The van der Waals surface area contributed by atoms with Crippen molar-refractivity contribution >= 4 is 11.8 Å². The number of Topliss-reactive ketones (excluding diaryl/α,β-unsaturated/α-hetero) is 1. The van der Waals surface area contributed by atoms with Crippen LogP contribution in [0.2, 0.25) is 0 Å². The summed E-state index contributed by atoms with van der Waals surface area (Å²) in [5.41, 5.74) is 1.17. The van der Waals surface area contributed by atoms with Crippen molar-refractivity contribution in [2.24, 2.45) is 0 Å². The monoisotopic (exact) mass is 325 g/mol. The van der Waals surface area contributed by atoms with E-state index in [0.717, 1.165) is 5.69 Å². The molecule has 0 radical (unpaired) electrons. The van der Waals surface area contributed by atoms with Crippen molar-refractivity contribution in [2.45, 2.75) is 0 Å². The molecule has 122 valence electrons. The summed E-state index contributed by atoms with van der Waals surface area (Å²) in [4.78, 5) is 26.8. The predicted octanol–water partition coefficient (Wildman–Crippen LogP) is 2.25. The summed E-state index contributed by atoms with van der Waals surface area (Å²) in [6.07, 6.45) is 3.21. The Bertz CT molecular complexity index is 838. The van der Waals surface area contributed by atoms with Gasteiger partial charge in [0.05, 0.1) is 24.7 Å². The van der Waals surface area contributed by atoms with Gasteiger partial charge in [-0.15, -0.1) is 0 Å². The van der Waals surface area contributed by atoms with Crippen molar-refractivity contribution in [3.63, 3.8) is 0 Å². The van der Waals surface area contributed by atoms with Crippen LogP contribution in [0.3, 0.4) is 0 Å². The molecule has 0 aliphatic heterocycles. The molecule has 0 saturated carbocycles. The van der Waals surface area contributed by atoms with Crippen molar-refractivity contribution in [3.8, 4) is 11.4 Å². The Morgan fingerprint density at radius 3 is 2.62 bits per heavy atom. The van der Waals surface area contributed by atoms with Crippen LogP contribution in [0, 0.1) is 0 Å². The number of rotatable bonds is 6. The molecule has 3 aromatic rings. The van der Waals surface area contributed by atoms with Gasteiger partial charge in [-0.1, -0.05) is 18.2 Å². The third kappa shape index (κ3) is 3.19. The van der Waals surface area contributed by atoms with Gasteiger partial charge in [0, 0.05) is 6.20 Å². The van der Waals surface area contributed by atoms with E-state index in [9.17, 15) is 9.59 Å². The summed E-state index contributed by atoms with van der Waals surface area (Å²) in [7, 11) is 1.44. The van der Waals surface area contributed by atoms with Gasteiger partial charge in [-0.25, -0.2) is 9.48 Å². The Hall–Kier alpha value is -3.35. The highest BCUT2D eigenvalue weighted by molar-refractivity contribution is 5.98. The standard InChI is InChI=1S/C17H15N3O4/c1-23-15-10-20(12-6-3-2-4-7-12)19-16(15)17(22)24-11-14(21)13-8-5-9-18-13/h2-10,18H,11H2,1H3. The first kappa shape index (κ1) is 15.5. The number of nitrogens with zero attached hydrogens (tertiary/aromatic N) is 2. The topological polar surface area (TPSA) is 86.2 Å². The van der Waals surface area contributed by atoms with Crippen LogP contribution < -0.4 is 4.74 Å². The molecule has 0 aliphatic rings. The molecule has 7 heteroatoms. The normalized spacial score (nSPS) is 10.4. The molecule has 2 heterocycles. The number of ketones is 1. The average molecular weight is 325 g/mol. The SMILES string of the molecule is COc1cn(-c2ccccc2)nc1C(=O)OCC(=O)c1ccc[nH]1. The van der Waals surface area contributed by atoms with Crippen molar-refractivity contribution in [1.29, 1.82) is 0 Å². The van der Waals surface area contributed by atoms with E-state index in [1.54, 1.807) is 24.5 Å². The lowest BCUT2D eigenvalue weighted by Crippen LogP contribution is -2.15. The first-order chi connectivity index (χ1) is 11.7. The van der Waals surface area contributed by atoms with E-state index in [-0.39, 0.29) is 23.8 Å². The largest absolute Gasteiger partial charge is 0.493 e. The minimum Gasteiger partial charge on any atom is -0.493 e. The fourth-order valence-electron chi connectivity index (χ4n) is 2.14. The fraction of sp³-hybridized carbons (Fsp3) is 0.118. The fourth-order valence-corrected chi connectivity index (χ4v) is 2.14. The third-order valence-electron chi connectivity index (χ3n) is 3.35. The number of ether oxygens (including phenoxy) is 2. The van der Waals surface area contributed by atoms with Gasteiger partial charge in [0.15, 0.2) is 12.4 Å². The summed E-state index contributed by atoms with van der Waals surface area (Å²) in [6.45, 7) is -0.374. The molecule has 0 aliphatic carbocycles. The number of carbonyl (C=O) groups is 2. The zero-order valence-corrected chi connectivity index (χ0v) is 12.9. The van der Waals surface area contributed by atoms with Crippen LogP contribution in [-0.2, 0) is 4.74 Å². The van der Waals surface area contributed by atoms with Crippen LogP contribution in [0.5, 0.6) is 5.75 Å². The smallest absolute Gasteiger partial charge is 0.363 e. The molecule has 1 aromatic carbocycles. The molecule has 1 N–H and O–H groups in total. The van der Waals surface area contributed by atoms with E-state index >= 15 is 0 Å². The molecule has 7 nitrogen and oxygen atoms in total. The highest BCUT2D eigenvalue weighted by Gasteiger charge is 2.21. The van der Waals surface area contributed by atoms with Crippen molar-refractivity contribution in [1.82, 2.24) is 14.8 Å². The predicted molar refractivity (Wildman–Crippen MR) is 85.5 cm³/mol. The molecule has 0 bridgehead atoms. The number of methoxy groups -OCH3 is 1. The minimum absolute atomic E-state index is 0.0145. The van der Waals surface area contributed by atoms with Gasteiger partial charge in [0.25, 0.3) is 0 Å². The Kier molecular flexibility index (Phi) is 4.42. The molecule has 2 aromatic heterocycles. The Labute approximate surface area is 137 Å². The molecule has 0 spiro atoms. The molecule has 0 saturated heterocycles. The zero-order chi connectivity index (χ0) is 16.9. The van der Waals surface area contributed by atoms with Crippen LogP contribution in [0.1, 0.15) is 21.0 Å². The number of benzene rings is 1. The molecule has 0 amide bonds. The summed E-state index contributed by atoms with van der Waals surface area (Å²) in [6, 6.07) is 12.6.